The summed E-state index contributed by atoms with van der Waals surface area (Å²) in [7, 11) is 0. The van der Waals surface area contributed by atoms with Crippen molar-refractivity contribution in [3.63, 3.8) is 0 Å². The van der Waals surface area contributed by atoms with Gasteiger partial charge in [0.2, 0.25) is 0 Å². The van der Waals surface area contributed by atoms with Crippen molar-refractivity contribution in [2.45, 2.75) is 19.0 Å². The summed E-state index contributed by atoms with van der Waals surface area (Å²) < 4.78 is 14.5. The van der Waals surface area contributed by atoms with E-state index in [0.29, 0.717) is 37.4 Å². The van der Waals surface area contributed by atoms with Crippen molar-refractivity contribution in [1.29, 1.82) is 0 Å². The molecule has 4 rings (SSSR count). The Morgan fingerprint density at radius 1 is 1.25 bits per heavy atom. The lowest BCUT2D eigenvalue weighted by molar-refractivity contribution is 0.191. The van der Waals surface area contributed by atoms with Crippen LogP contribution in [0.4, 0.5) is 20.6 Å². The number of rotatable bonds is 5. The maximum absolute atomic E-state index is 14.5. The second kappa shape index (κ2) is 7.63. The smallest absolute Gasteiger partial charge is 0.404 e. The average Bonchev–Trinajstić information content (AvgIpc) is 3.13. The van der Waals surface area contributed by atoms with Crippen LogP contribution in [0.1, 0.15) is 12.0 Å². The van der Waals surface area contributed by atoms with Crippen LogP contribution < -0.4 is 15.5 Å². The highest BCUT2D eigenvalue weighted by molar-refractivity contribution is 5.75. The van der Waals surface area contributed by atoms with Crippen molar-refractivity contribution in [3.8, 4) is 0 Å². The van der Waals surface area contributed by atoms with Crippen molar-refractivity contribution >= 4 is 28.5 Å². The molecular weight excluding hydrogens is 363 g/mol. The molecule has 2 aromatic heterocycles. The summed E-state index contributed by atoms with van der Waals surface area (Å²) >= 11 is 0. The molecule has 1 aliphatic heterocycles. The van der Waals surface area contributed by atoms with Crippen molar-refractivity contribution < 1.29 is 14.3 Å². The van der Waals surface area contributed by atoms with E-state index in [2.05, 4.69) is 25.6 Å². The fourth-order valence-electron chi connectivity index (χ4n) is 3.45. The van der Waals surface area contributed by atoms with Crippen LogP contribution in [0.2, 0.25) is 0 Å². The number of benzene rings is 1. The molecule has 3 heterocycles. The Bertz CT molecular complexity index is 1010. The molecule has 3 N–H and O–H groups in total. The molecule has 28 heavy (non-hydrogen) atoms. The van der Waals surface area contributed by atoms with Gasteiger partial charge >= 0.3 is 6.09 Å². The van der Waals surface area contributed by atoms with E-state index in [9.17, 15) is 9.18 Å². The van der Waals surface area contributed by atoms with Crippen LogP contribution in [-0.2, 0) is 6.54 Å². The van der Waals surface area contributed by atoms with Crippen LogP contribution in [0, 0.1) is 5.82 Å². The van der Waals surface area contributed by atoms with Crippen molar-refractivity contribution in [2.24, 2.45) is 0 Å². The average molecular weight is 382 g/mol. The Hall–Kier alpha value is -3.49. The Labute approximate surface area is 160 Å². The highest BCUT2D eigenvalue weighted by atomic mass is 19.1. The maximum atomic E-state index is 14.5. The summed E-state index contributed by atoms with van der Waals surface area (Å²) in [6.45, 7) is 1.44. The third-order valence-corrected chi connectivity index (χ3v) is 4.72. The van der Waals surface area contributed by atoms with Gasteiger partial charge in [-0.15, -0.1) is 0 Å². The molecule has 0 spiro atoms. The van der Waals surface area contributed by atoms with Crippen molar-refractivity contribution in [1.82, 2.24) is 20.3 Å². The Morgan fingerprint density at radius 3 is 2.89 bits per heavy atom. The number of nitrogens with one attached hydrogen (secondary N) is 2. The summed E-state index contributed by atoms with van der Waals surface area (Å²) in [5.41, 5.74) is 3.56. The predicted octanol–water partition coefficient (Wildman–Crippen LogP) is 2.62. The molecule has 1 saturated heterocycles. The standard InChI is InChI=1S/C19H19FN6O2/c20-14-9-21-10-17(18(14)26-6-3-13(11-26)25-19(27)28)24-8-12-1-2-15-16(7-12)23-5-4-22-15/h1-2,4-5,7,9-10,13,24-25H,3,6,8,11H2,(H,27,28)/t13-/m1/s1. The zero-order valence-corrected chi connectivity index (χ0v) is 15.0. The molecule has 1 aliphatic rings. The molecule has 8 nitrogen and oxygen atoms in total. The van der Waals surface area contributed by atoms with Gasteiger partial charge in [-0.2, -0.15) is 0 Å². The van der Waals surface area contributed by atoms with E-state index in [1.807, 2.05) is 23.1 Å². The number of nitrogens with zero attached hydrogens (tertiary/aromatic N) is 4. The number of aromatic nitrogens is 3. The monoisotopic (exact) mass is 382 g/mol. The van der Waals surface area contributed by atoms with E-state index in [1.165, 1.54) is 6.20 Å². The fraction of sp³-hybridized carbons (Fsp3) is 0.263. The number of fused-ring (bicyclic) bond motifs is 1. The van der Waals surface area contributed by atoms with Gasteiger partial charge in [0, 0.05) is 32.0 Å². The van der Waals surface area contributed by atoms with E-state index >= 15 is 0 Å². The van der Waals surface area contributed by atoms with Gasteiger partial charge in [0.05, 0.1) is 40.8 Å². The lowest BCUT2D eigenvalue weighted by Gasteiger charge is -2.23. The number of anilines is 2. The minimum atomic E-state index is -1.07. The molecule has 3 aromatic rings. The predicted molar refractivity (Wildman–Crippen MR) is 103 cm³/mol. The Kier molecular flexibility index (Phi) is 4.88. The molecule has 1 amide bonds. The lowest BCUT2D eigenvalue weighted by atomic mass is 10.2. The van der Waals surface area contributed by atoms with Gasteiger partial charge in [0.1, 0.15) is 0 Å². The largest absolute Gasteiger partial charge is 0.465 e. The van der Waals surface area contributed by atoms with Crippen LogP contribution in [0.5, 0.6) is 0 Å². The van der Waals surface area contributed by atoms with Crippen LogP contribution in [0.15, 0.2) is 43.0 Å². The second-order valence-corrected chi connectivity index (χ2v) is 6.63. The van der Waals surface area contributed by atoms with Crippen LogP contribution in [-0.4, -0.2) is 45.3 Å². The van der Waals surface area contributed by atoms with Gasteiger partial charge in [0.15, 0.2) is 5.82 Å². The lowest BCUT2D eigenvalue weighted by Crippen LogP contribution is -2.36. The highest BCUT2D eigenvalue weighted by Gasteiger charge is 2.27. The van der Waals surface area contributed by atoms with Gasteiger partial charge in [-0.05, 0) is 24.1 Å². The first-order valence-corrected chi connectivity index (χ1v) is 8.91. The number of hydrogen-bond donors (Lipinski definition) is 3. The summed E-state index contributed by atoms with van der Waals surface area (Å²) in [6, 6.07) is 5.55. The molecule has 1 atom stereocenters. The van der Waals surface area contributed by atoms with E-state index in [0.717, 1.165) is 16.6 Å². The normalized spacial score (nSPS) is 16.3. The molecule has 0 unspecified atom stereocenters. The van der Waals surface area contributed by atoms with Gasteiger partial charge < -0.3 is 20.6 Å². The molecule has 1 aromatic carbocycles. The van der Waals surface area contributed by atoms with E-state index in [-0.39, 0.29) is 6.04 Å². The van der Waals surface area contributed by atoms with Gasteiger partial charge in [0.25, 0.3) is 0 Å². The van der Waals surface area contributed by atoms with Crippen LogP contribution in [0.25, 0.3) is 11.0 Å². The number of hydrogen-bond acceptors (Lipinski definition) is 6. The topological polar surface area (TPSA) is 103 Å². The zero-order chi connectivity index (χ0) is 19.5. The minimum Gasteiger partial charge on any atom is -0.465 e. The molecule has 0 aliphatic carbocycles. The molecular formula is C19H19FN6O2. The first-order chi connectivity index (χ1) is 13.6. The van der Waals surface area contributed by atoms with E-state index < -0.39 is 11.9 Å². The number of halogens is 1. The van der Waals surface area contributed by atoms with Gasteiger partial charge in [-0.25, -0.2) is 9.18 Å². The van der Waals surface area contributed by atoms with Crippen molar-refractivity contribution in [3.05, 3.63) is 54.4 Å². The molecule has 0 bridgehead atoms. The van der Waals surface area contributed by atoms with Gasteiger partial charge in [-0.1, -0.05) is 6.07 Å². The van der Waals surface area contributed by atoms with Crippen molar-refractivity contribution in [2.75, 3.05) is 23.3 Å². The quantitative estimate of drug-likeness (QED) is 0.623. The van der Waals surface area contributed by atoms with E-state index in [4.69, 9.17) is 5.11 Å². The Morgan fingerprint density at radius 2 is 2.07 bits per heavy atom. The third kappa shape index (κ3) is 3.78. The first kappa shape index (κ1) is 17.9. The number of pyridine rings is 1. The van der Waals surface area contributed by atoms with E-state index in [1.54, 1.807) is 18.6 Å². The SMILES string of the molecule is O=C(O)N[C@@H]1CCN(c2c(F)cncc2NCc2ccc3nccnc3c2)C1. The number of amides is 1. The summed E-state index contributed by atoms with van der Waals surface area (Å²) in [5, 5.41) is 14.6. The molecule has 1 fully saturated rings. The first-order valence-electron chi connectivity index (χ1n) is 8.91. The Balaban J connectivity index is 1.52. The highest BCUT2D eigenvalue weighted by Crippen LogP contribution is 2.31. The fourth-order valence-corrected chi connectivity index (χ4v) is 3.45. The summed E-state index contributed by atoms with van der Waals surface area (Å²) in [6.07, 6.45) is 5.59. The number of carboxylic acid groups (broad SMARTS) is 1. The van der Waals surface area contributed by atoms with Gasteiger partial charge in [-0.3, -0.25) is 15.0 Å². The maximum Gasteiger partial charge on any atom is 0.404 e. The molecule has 9 heteroatoms. The van der Waals surface area contributed by atoms with Crippen LogP contribution >= 0.6 is 0 Å². The summed E-state index contributed by atoms with van der Waals surface area (Å²) in [5.74, 6) is -0.439. The molecule has 0 radical (unpaired) electrons. The zero-order valence-electron chi connectivity index (χ0n) is 15.0. The molecule has 144 valence electrons. The second-order valence-electron chi connectivity index (χ2n) is 6.63. The molecule has 0 saturated carbocycles. The number of carbonyl (C=O) groups is 1. The summed E-state index contributed by atoms with van der Waals surface area (Å²) in [4.78, 5) is 25.2. The van der Waals surface area contributed by atoms with Crippen LogP contribution in [0.3, 0.4) is 0 Å². The minimum absolute atomic E-state index is 0.225. The third-order valence-electron chi connectivity index (χ3n) is 4.72.